The molecule has 0 aliphatic rings. The van der Waals surface area contributed by atoms with Crippen LogP contribution in [0.2, 0.25) is 0 Å². The number of carbonyl (C=O) groups is 1. The maximum absolute atomic E-state index is 13.1. The van der Waals surface area contributed by atoms with Gasteiger partial charge in [-0.2, -0.15) is 0 Å². The molecule has 1 unspecified atom stereocenters. The molecular formula is C9H7BrClFO2. The van der Waals surface area contributed by atoms with Crippen LogP contribution in [-0.2, 0) is 0 Å². The summed E-state index contributed by atoms with van der Waals surface area (Å²) in [5.41, 5.74) is 0.208. The van der Waals surface area contributed by atoms with E-state index in [9.17, 15) is 9.18 Å². The molecule has 0 spiro atoms. The third-order valence-electron chi connectivity index (χ3n) is 1.63. The summed E-state index contributed by atoms with van der Waals surface area (Å²) in [5.74, 6) is -0.862. The van der Waals surface area contributed by atoms with E-state index in [-0.39, 0.29) is 17.1 Å². The second-order valence-electron chi connectivity index (χ2n) is 2.51. The molecule has 5 heteroatoms. The molecule has 76 valence electrons. The minimum absolute atomic E-state index is 0.0993. The fraction of sp³-hybridized carbons (Fsp3) is 0.222. The van der Waals surface area contributed by atoms with Crippen molar-refractivity contribution in [2.75, 3.05) is 7.11 Å². The molecule has 0 amide bonds. The molecule has 0 bridgehead atoms. The predicted octanol–water partition coefficient (Wildman–Crippen LogP) is 2.98. The fourth-order valence-corrected chi connectivity index (χ4v) is 1.34. The van der Waals surface area contributed by atoms with E-state index in [1.807, 2.05) is 0 Å². The maximum atomic E-state index is 13.1. The standard InChI is InChI=1S/C9H7BrClFO2/c1-14-7-3-2-5(4-6(7)12)8(13)9(10)11/h2-4,9H,1H3. The molecule has 0 radical (unpaired) electrons. The van der Waals surface area contributed by atoms with Crippen LogP contribution in [-0.4, -0.2) is 17.2 Å². The Morgan fingerprint density at radius 3 is 2.71 bits per heavy atom. The molecule has 0 saturated carbocycles. The second-order valence-corrected chi connectivity index (χ2v) is 4.39. The molecule has 0 fully saturated rings. The highest BCUT2D eigenvalue weighted by molar-refractivity contribution is 9.10. The SMILES string of the molecule is COc1ccc(C(=O)C(Cl)Br)cc1F. The molecule has 1 rings (SSSR count). The third kappa shape index (κ3) is 2.45. The number of rotatable bonds is 3. The number of methoxy groups -OCH3 is 1. The number of ether oxygens (including phenoxy) is 1. The lowest BCUT2D eigenvalue weighted by molar-refractivity contribution is 0.101. The molecule has 0 heterocycles. The van der Waals surface area contributed by atoms with Gasteiger partial charge in [-0.3, -0.25) is 4.79 Å². The molecule has 0 aromatic heterocycles. The molecule has 1 aromatic carbocycles. The largest absolute Gasteiger partial charge is 0.494 e. The zero-order chi connectivity index (χ0) is 10.7. The first-order valence-corrected chi connectivity index (χ1v) is 5.07. The number of carbonyl (C=O) groups excluding carboxylic acids is 1. The Kier molecular flexibility index (Phi) is 3.89. The van der Waals surface area contributed by atoms with Crippen LogP contribution in [0.5, 0.6) is 5.75 Å². The highest BCUT2D eigenvalue weighted by Gasteiger charge is 2.15. The van der Waals surface area contributed by atoms with Gasteiger partial charge in [-0.15, -0.1) is 11.6 Å². The molecule has 1 aromatic rings. The Bertz CT molecular complexity index is 355. The van der Waals surface area contributed by atoms with E-state index < -0.39 is 10.1 Å². The number of Topliss-reactive ketones (excluding diaryl/α,β-unsaturated/α-hetero) is 1. The predicted molar refractivity (Wildman–Crippen MR) is 55.9 cm³/mol. The van der Waals surface area contributed by atoms with Gasteiger partial charge in [0.15, 0.2) is 21.6 Å². The van der Waals surface area contributed by atoms with Gasteiger partial charge in [0, 0.05) is 5.56 Å². The van der Waals surface area contributed by atoms with Crippen LogP contribution in [0, 0.1) is 5.82 Å². The summed E-state index contributed by atoms with van der Waals surface area (Å²) in [6, 6.07) is 3.94. The average Bonchev–Trinajstić information content (AvgIpc) is 2.16. The van der Waals surface area contributed by atoms with Crippen LogP contribution < -0.4 is 4.74 Å². The lowest BCUT2D eigenvalue weighted by Gasteiger charge is -2.04. The van der Waals surface area contributed by atoms with Crippen molar-refractivity contribution < 1.29 is 13.9 Å². The van der Waals surface area contributed by atoms with Crippen LogP contribution in [0.15, 0.2) is 18.2 Å². The summed E-state index contributed by atoms with van der Waals surface area (Å²) < 4.78 is 17.0. The maximum Gasteiger partial charge on any atom is 0.191 e. The number of alkyl halides is 2. The molecule has 0 aliphatic carbocycles. The van der Waals surface area contributed by atoms with Gasteiger partial charge in [0.25, 0.3) is 0 Å². The molecule has 0 N–H and O–H groups in total. The monoisotopic (exact) mass is 280 g/mol. The summed E-state index contributed by atoms with van der Waals surface area (Å²) in [7, 11) is 1.36. The third-order valence-corrected chi connectivity index (χ3v) is 2.25. The minimum atomic E-state index is -0.838. The van der Waals surface area contributed by atoms with E-state index >= 15 is 0 Å². The van der Waals surface area contributed by atoms with Gasteiger partial charge in [0.2, 0.25) is 0 Å². The first kappa shape index (κ1) is 11.5. The molecule has 0 saturated heterocycles. The molecule has 14 heavy (non-hydrogen) atoms. The van der Waals surface area contributed by atoms with Crippen molar-refractivity contribution in [3.8, 4) is 5.75 Å². The Morgan fingerprint density at radius 2 is 2.29 bits per heavy atom. The Balaban J connectivity index is 3.03. The van der Waals surface area contributed by atoms with Gasteiger partial charge in [-0.05, 0) is 18.2 Å². The number of ketones is 1. The minimum Gasteiger partial charge on any atom is -0.494 e. The van der Waals surface area contributed by atoms with Crippen LogP contribution in [0.4, 0.5) is 4.39 Å². The van der Waals surface area contributed by atoms with Gasteiger partial charge in [-0.1, -0.05) is 15.9 Å². The highest BCUT2D eigenvalue weighted by atomic mass is 79.9. The van der Waals surface area contributed by atoms with E-state index in [0.717, 1.165) is 6.07 Å². The first-order valence-electron chi connectivity index (χ1n) is 3.72. The molecule has 0 aliphatic heterocycles. The van der Waals surface area contributed by atoms with E-state index in [0.29, 0.717) is 0 Å². The van der Waals surface area contributed by atoms with Crippen molar-refractivity contribution in [3.63, 3.8) is 0 Å². The highest BCUT2D eigenvalue weighted by Crippen LogP contribution is 2.20. The Morgan fingerprint density at radius 1 is 1.64 bits per heavy atom. The topological polar surface area (TPSA) is 26.3 Å². The summed E-state index contributed by atoms with van der Waals surface area (Å²) >= 11 is 8.40. The summed E-state index contributed by atoms with van der Waals surface area (Å²) in [4.78, 5) is 11.3. The number of benzene rings is 1. The van der Waals surface area contributed by atoms with Crippen LogP contribution in [0.25, 0.3) is 0 Å². The van der Waals surface area contributed by atoms with Crippen LogP contribution in [0.3, 0.4) is 0 Å². The summed E-state index contributed by atoms with van der Waals surface area (Å²) in [5, 5.41) is 0. The molecule has 1 atom stereocenters. The lowest BCUT2D eigenvalue weighted by atomic mass is 10.1. The van der Waals surface area contributed by atoms with Crippen molar-refractivity contribution >= 4 is 33.3 Å². The van der Waals surface area contributed by atoms with Crippen LogP contribution in [0.1, 0.15) is 10.4 Å². The lowest BCUT2D eigenvalue weighted by Crippen LogP contribution is -2.07. The van der Waals surface area contributed by atoms with E-state index in [1.54, 1.807) is 0 Å². The molecular weight excluding hydrogens is 274 g/mol. The first-order chi connectivity index (χ1) is 6.56. The summed E-state index contributed by atoms with van der Waals surface area (Å²) in [6.07, 6.45) is 0. The molecule has 2 nitrogen and oxygen atoms in total. The number of hydrogen-bond donors (Lipinski definition) is 0. The smallest absolute Gasteiger partial charge is 0.191 e. The van der Waals surface area contributed by atoms with Gasteiger partial charge >= 0.3 is 0 Å². The van der Waals surface area contributed by atoms with E-state index in [4.69, 9.17) is 16.3 Å². The van der Waals surface area contributed by atoms with Crippen molar-refractivity contribution in [1.82, 2.24) is 0 Å². The van der Waals surface area contributed by atoms with Crippen molar-refractivity contribution in [1.29, 1.82) is 0 Å². The normalized spacial score (nSPS) is 12.3. The Labute approximate surface area is 94.1 Å². The quantitative estimate of drug-likeness (QED) is 0.629. The summed E-state index contributed by atoms with van der Waals surface area (Å²) in [6.45, 7) is 0. The van der Waals surface area contributed by atoms with Crippen molar-refractivity contribution in [2.24, 2.45) is 0 Å². The Hall–Kier alpha value is -0.610. The second kappa shape index (κ2) is 4.75. The fourth-order valence-electron chi connectivity index (χ4n) is 0.946. The van der Waals surface area contributed by atoms with Gasteiger partial charge in [0.1, 0.15) is 0 Å². The van der Waals surface area contributed by atoms with Crippen molar-refractivity contribution in [2.45, 2.75) is 4.29 Å². The number of hydrogen-bond acceptors (Lipinski definition) is 2. The van der Waals surface area contributed by atoms with Crippen LogP contribution >= 0.6 is 27.5 Å². The zero-order valence-corrected chi connectivity index (χ0v) is 9.60. The zero-order valence-electron chi connectivity index (χ0n) is 7.26. The van der Waals surface area contributed by atoms with Crippen molar-refractivity contribution in [3.05, 3.63) is 29.6 Å². The van der Waals surface area contributed by atoms with E-state index in [1.165, 1.54) is 19.2 Å². The average molecular weight is 282 g/mol. The van der Waals surface area contributed by atoms with E-state index in [2.05, 4.69) is 15.9 Å². The van der Waals surface area contributed by atoms with Gasteiger partial charge in [-0.25, -0.2) is 4.39 Å². The van der Waals surface area contributed by atoms with Gasteiger partial charge in [0.05, 0.1) is 7.11 Å². The van der Waals surface area contributed by atoms with Gasteiger partial charge < -0.3 is 4.74 Å². The number of halogens is 3.